The quantitative estimate of drug-likeness (QED) is 0.896. The molecule has 0 saturated heterocycles. The van der Waals surface area contributed by atoms with Gasteiger partial charge in [-0.25, -0.2) is 4.98 Å². The molecule has 2 nitrogen and oxygen atoms in total. The predicted octanol–water partition coefficient (Wildman–Crippen LogP) is 3.19. The van der Waals surface area contributed by atoms with E-state index >= 15 is 0 Å². The van der Waals surface area contributed by atoms with E-state index < -0.39 is 0 Å². The largest absolute Gasteiger partial charge is 0.319 e. The summed E-state index contributed by atoms with van der Waals surface area (Å²) in [6.45, 7) is 5.25. The van der Waals surface area contributed by atoms with Crippen molar-refractivity contribution in [1.29, 1.82) is 0 Å². The molecular weight excluding hydrogens is 228 g/mol. The van der Waals surface area contributed by atoms with Crippen molar-refractivity contribution in [2.75, 3.05) is 13.6 Å². The summed E-state index contributed by atoms with van der Waals surface area (Å²) in [7, 11) is 1.97. The van der Waals surface area contributed by atoms with Crippen molar-refractivity contribution in [2.45, 2.75) is 20.3 Å². The lowest BCUT2D eigenvalue weighted by molar-refractivity contribution is 0.788. The Morgan fingerprint density at radius 3 is 2.88 bits per heavy atom. The third-order valence-corrected chi connectivity index (χ3v) is 3.72. The lowest BCUT2D eigenvalue weighted by Gasteiger charge is -2.03. The zero-order valence-corrected chi connectivity index (χ0v) is 11.4. The number of likely N-dealkylation sites (N-methyl/N-ethyl adjacent to an activating group) is 1. The van der Waals surface area contributed by atoms with E-state index in [1.54, 1.807) is 11.3 Å². The van der Waals surface area contributed by atoms with Crippen LogP contribution in [0.3, 0.4) is 0 Å². The van der Waals surface area contributed by atoms with E-state index in [0.717, 1.165) is 18.7 Å². The molecule has 90 valence electrons. The number of aryl methyl sites for hydroxylation is 2. The zero-order valence-electron chi connectivity index (χ0n) is 10.6. The Labute approximate surface area is 107 Å². The standard InChI is InChI=1S/C14H18N2S/c1-10-4-5-11(2)12(8-10)13-9-17-14(16-13)6-7-15-3/h4-5,8-9,15H,6-7H2,1-3H3. The Hall–Kier alpha value is -1.19. The first-order chi connectivity index (χ1) is 8.20. The van der Waals surface area contributed by atoms with Crippen LogP contribution in [0.4, 0.5) is 0 Å². The smallest absolute Gasteiger partial charge is 0.0945 e. The molecule has 1 aromatic carbocycles. The van der Waals surface area contributed by atoms with Crippen LogP contribution in [0.25, 0.3) is 11.3 Å². The van der Waals surface area contributed by atoms with Gasteiger partial charge in [-0.3, -0.25) is 0 Å². The molecule has 0 spiro atoms. The highest BCUT2D eigenvalue weighted by atomic mass is 32.1. The van der Waals surface area contributed by atoms with Crippen molar-refractivity contribution >= 4 is 11.3 Å². The topological polar surface area (TPSA) is 24.9 Å². The maximum absolute atomic E-state index is 4.70. The molecule has 2 aromatic rings. The van der Waals surface area contributed by atoms with Crippen LogP contribution in [0.5, 0.6) is 0 Å². The first-order valence-corrected chi connectivity index (χ1v) is 6.75. The molecule has 17 heavy (non-hydrogen) atoms. The van der Waals surface area contributed by atoms with Gasteiger partial charge in [0, 0.05) is 23.9 Å². The van der Waals surface area contributed by atoms with Crippen LogP contribution in [0.2, 0.25) is 0 Å². The Morgan fingerprint density at radius 1 is 1.29 bits per heavy atom. The van der Waals surface area contributed by atoms with Crippen LogP contribution < -0.4 is 5.32 Å². The summed E-state index contributed by atoms with van der Waals surface area (Å²) in [5.41, 5.74) is 4.95. The summed E-state index contributed by atoms with van der Waals surface area (Å²) in [5.74, 6) is 0. The van der Waals surface area contributed by atoms with E-state index in [4.69, 9.17) is 4.98 Å². The zero-order chi connectivity index (χ0) is 12.3. The van der Waals surface area contributed by atoms with Gasteiger partial charge in [0.05, 0.1) is 10.7 Å². The molecule has 0 bridgehead atoms. The molecule has 2 rings (SSSR count). The molecular formula is C14H18N2S. The number of aromatic nitrogens is 1. The van der Waals surface area contributed by atoms with Crippen LogP contribution in [0, 0.1) is 13.8 Å². The SMILES string of the molecule is CNCCc1nc(-c2cc(C)ccc2C)cs1. The lowest BCUT2D eigenvalue weighted by Crippen LogP contribution is -2.09. The summed E-state index contributed by atoms with van der Waals surface area (Å²) < 4.78 is 0. The van der Waals surface area contributed by atoms with Gasteiger partial charge in [0.2, 0.25) is 0 Å². The summed E-state index contributed by atoms with van der Waals surface area (Å²) in [6.07, 6.45) is 1.01. The van der Waals surface area contributed by atoms with Gasteiger partial charge in [0.25, 0.3) is 0 Å². The van der Waals surface area contributed by atoms with Crippen LogP contribution in [-0.4, -0.2) is 18.6 Å². The Bertz CT molecular complexity index is 503. The molecule has 0 unspecified atom stereocenters. The molecule has 0 saturated carbocycles. The molecule has 0 amide bonds. The number of hydrogen-bond acceptors (Lipinski definition) is 3. The summed E-state index contributed by atoms with van der Waals surface area (Å²) >= 11 is 1.75. The first-order valence-electron chi connectivity index (χ1n) is 5.87. The molecule has 3 heteroatoms. The Morgan fingerprint density at radius 2 is 2.12 bits per heavy atom. The van der Waals surface area contributed by atoms with Crippen molar-refractivity contribution in [2.24, 2.45) is 0 Å². The van der Waals surface area contributed by atoms with Gasteiger partial charge in [-0.2, -0.15) is 0 Å². The molecule has 0 fully saturated rings. The molecule has 0 aliphatic heterocycles. The van der Waals surface area contributed by atoms with Crippen LogP contribution in [0.1, 0.15) is 16.1 Å². The highest BCUT2D eigenvalue weighted by Crippen LogP contribution is 2.26. The average Bonchev–Trinajstić information content (AvgIpc) is 2.78. The van der Waals surface area contributed by atoms with Gasteiger partial charge in [-0.15, -0.1) is 11.3 Å². The van der Waals surface area contributed by atoms with Gasteiger partial charge in [-0.05, 0) is 32.5 Å². The van der Waals surface area contributed by atoms with Gasteiger partial charge in [0.15, 0.2) is 0 Å². The molecule has 0 aliphatic carbocycles. The van der Waals surface area contributed by atoms with E-state index in [2.05, 4.69) is 42.7 Å². The highest BCUT2D eigenvalue weighted by Gasteiger charge is 2.07. The molecule has 1 aromatic heterocycles. The lowest BCUT2D eigenvalue weighted by atomic mass is 10.0. The van der Waals surface area contributed by atoms with Gasteiger partial charge in [0.1, 0.15) is 0 Å². The second-order valence-electron chi connectivity index (χ2n) is 4.30. The van der Waals surface area contributed by atoms with Gasteiger partial charge < -0.3 is 5.32 Å². The molecule has 0 atom stereocenters. The number of thiazole rings is 1. The highest BCUT2D eigenvalue weighted by molar-refractivity contribution is 7.09. The normalized spacial score (nSPS) is 10.8. The van der Waals surface area contributed by atoms with Crippen molar-refractivity contribution in [3.8, 4) is 11.3 Å². The first kappa shape index (κ1) is 12.3. The fraction of sp³-hybridized carbons (Fsp3) is 0.357. The van der Waals surface area contributed by atoms with E-state index in [1.807, 2.05) is 7.05 Å². The number of nitrogens with one attached hydrogen (secondary N) is 1. The van der Waals surface area contributed by atoms with Crippen LogP contribution >= 0.6 is 11.3 Å². The summed E-state index contributed by atoms with van der Waals surface area (Å²) in [4.78, 5) is 4.70. The minimum absolute atomic E-state index is 0.986. The van der Waals surface area contributed by atoms with E-state index in [9.17, 15) is 0 Å². The van der Waals surface area contributed by atoms with E-state index in [-0.39, 0.29) is 0 Å². The fourth-order valence-corrected chi connectivity index (χ4v) is 2.59. The summed E-state index contributed by atoms with van der Waals surface area (Å²) in [6, 6.07) is 6.52. The maximum atomic E-state index is 4.70. The van der Waals surface area contributed by atoms with Gasteiger partial charge in [-0.1, -0.05) is 17.7 Å². The van der Waals surface area contributed by atoms with Crippen LogP contribution in [-0.2, 0) is 6.42 Å². The van der Waals surface area contributed by atoms with E-state index in [1.165, 1.54) is 21.7 Å². The van der Waals surface area contributed by atoms with Crippen molar-refractivity contribution < 1.29 is 0 Å². The Balaban J connectivity index is 2.27. The Kier molecular flexibility index (Phi) is 3.92. The third-order valence-electron chi connectivity index (χ3n) is 2.81. The fourth-order valence-electron chi connectivity index (χ4n) is 1.79. The number of nitrogens with zero attached hydrogens (tertiary/aromatic N) is 1. The van der Waals surface area contributed by atoms with Crippen molar-refractivity contribution in [3.63, 3.8) is 0 Å². The van der Waals surface area contributed by atoms with Crippen molar-refractivity contribution in [1.82, 2.24) is 10.3 Å². The second-order valence-corrected chi connectivity index (χ2v) is 5.24. The molecule has 0 aliphatic rings. The second kappa shape index (κ2) is 5.43. The minimum atomic E-state index is 0.986. The molecule has 0 radical (unpaired) electrons. The summed E-state index contributed by atoms with van der Waals surface area (Å²) in [5, 5.41) is 6.52. The van der Waals surface area contributed by atoms with Crippen molar-refractivity contribution in [3.05, 3.63) is 39.7 Å². The minimum Gasteiger partial charge on any atom is -0.319 e. The van der Waals surface area contributed by atoms with Gasteiger partial charge >= 0.3 is 0 Å². The average molecular weight is 246 g/mol. The third kappa shape index (κ3) is 2.93. The number of benzene rings is 1. The number of hydrogen-bond donors (Lipinski definition) is 1. The maximum Gasteiger partial charge on any atom is 0.0945 e. The monoisotopic (exact) mass is 246 g/mol. The van der Waals surface area contributed by atoms with Crippen LogP contribution in [0.15, 0.2) is 23.6 Å². The van der Waals surface area contributed by atoms with E-state index in [0.29, 0.717) is 0 Å². The number of rotatable bonds is 4. The molecule has 1 N–H and O–H groups in total. The predicted molar refractivity (Wildman–Crippen MR) is 74.7 cm³/mol. The molecule has 1 heterocycles.